The number of amides is 1. The SMILES string of the molecule is Cc1ccc(NC(=O)c2cc3ccc(O)cc3o/c2=N/Nc2ccccc2)cc1O. The van der Waals surface area contributed by atoms with Crippen molar-refractivity contribution < 1.29 is 19.4 Å². The van der Waals surface area contributed by atoms with Crippen molar-refractivity contribution in [2.24, 2.45) is 5.10 Å². The molecule has 0 bridgehead atoms. The van der Waals surface area contributed by atoms with Crippen molar-refractivity contribution in [1.82, 2.24) is 0 Å². The second-order valence-corrected chi connectivity index (χ2v) is 6.73. The van der Waals surface area contributed by atoms with Crippen molar-refractivity contribution in [1.29, 1.82) is 0 Å². The van der Waals surface area contributed by atoms with Gasteiger partial charge in [-0.3, -0.25) is 10.2 Å². The van der Waals surface area contributed by atoms with E-state index in [-0.39, 0.29) is 22.6 Å². The van der Waals surface area contributed by atoms with Crippen molar-refractivity contribution in [3.05, 3.63) is 89.5 Å². The first-order valence-corrected chi connectivity index (χ1v) is 9.22. The molecule has 0 saturated heterocycles. The van der Waals surface area contributed by atoms with Crippen LogP contribution in [0.3, 0.4) is 0 Å². The molecule has 0 aliphatic rings. The van der Waals surface area contributed by atoms with Crippen LogP contribution in [0.15, 0.2) is 82.3 Å². The molecule has 0 aliphatic heterocycles. The summed E-state index contributed by atoms with van der Waals surface area (Å²) >= 11 is 0. The number of benzene rings is 3. The fraction of sp³-hybridized carbons (Fsp3) is 0.0435. The maximum Gasteiger partial charge on any atom is 0.261 e. The van der Waals surface area contributed by atoms with Gasteiger partial charge in [-0.25, -0.2) is 0 Å². The number of phenolic OH excluding ortho intramolecular Hbond substituents is 2. The van der Waals surface area contributed by atoms with Gasteiger partial charge in [0, 0.05) is 23.2 Å². The third-order valence-electron chi connectivity index (χ3n) is 4.51. The van der Waals surface area contributed by atoms with E-state index in [0.717, 1.165) is 5.69 Å². The van der Waals surface area contributed by atoms with E-state index in [9.17, 15) is 15.0 Å². The lowest BCUT2D eigenvalue weighted by Crippen LogP contribution is -2.22. The normalized spacial score (nSPS) is 11.4. The summed E-state index contributed by atoms with van der Waals surface area (Å²) in [6, 6.07) is 20.4. The number of carbonyl (C=O) groups is 1. The van der Waals surface area contributed by atoms with Gasteiger partial charge in [0.1, 0.15) is 22.6 Å². The van der Waals surface area contributed by atoms with E-state index in [0.29, 0.717) is 22.2 Å². The molecule has 150 valence electrons. The minimum atomic E-state index is -0.453. The number of hydrogen-bond acceptors (Lipinski definition) is 6. The molecule has 7 heteroatoms. The summed E-state index contributed by atoms with van der Waals surface area (Å²) in [4.78, 5) is 13.0. The zero-order chi connectivity index (χ0) is 21.1. The number of aromatic hydroxyl groups is 2. The average Bonchev–Trinajstić information content (AvgIpc) is 2.75. The number of hydrogen-bond donors (Lipinski definition) is 4. The van der Waals surface area contributed by atoms with E-state index in [1.807, 2.05) is 30.3 Å². The lowest BCUT2D eigenvalue weighted by Gasteiger charge is -2.08. The highest BCUT2D eigenvalue weighted by Crippen LogP contribution is 2.22. The maximum atomic E-state index is 13.0. The molecule has 0 unspecified atom stereocenters. The molecule has 4 N–H and O–H groups in total. The third kappa shape index (κ3) is 4.10. The number of aryl methyl sites for hydroxylation is 1. The van der Waals surface area contributed by atoms with Crippen LogP contribution in [0, 0.1) is 6.92 Å². The number of nitrogens with one attached hydrogen (secondary N) is 2. The van der Waals surface area contributed by atoms with E-state index in [2.05, 4.69) is 15.8 Å². The molecule has 4 rings (SSSR count). The molecule has 0 saturated carbocycles. The Hall–Kier alpha value is -4.26. The van der Waals surface area contributed by atoms with Gasteiger partial charge in [0.05, 0.1) is 5.69 Å². The molecule has 4 aromatic rings. The molecule has 0 spiro atoms. The van der Waals surface area contributed by atoms with Gasteiger partial charge in [0.2, 0.25) is 5.55 Å². The highest BCUT2D eigenvalue weighted by Gasteiger charge is 2.14. The number of phenols is 2. The van der Waals surface area contributed by atoms with Crippen LogP contribution in [0.25, 0.3) is 11.0 Å². The van der Waals surface area contributed by atoms with E-state index in [1.165, 1.54) is 18.2 Å². The van der Waals surface area contributed by atoms with Gasteiger partial charge in [-0.05, 0) is 48.9 Å². The Bertz CT molecular complexity index is 1300. The van der Waals surface area contributed by atoms with Gasteiger partial charge in [0.15, 0.2) is 0 Å². The Morgan fingerprint density at radius 1 is 0.933 bits per heavy atom. The molecular weight excluding hydrogens is 382 g/mol. The first kappa shape index (κ1) is 19.1. The van der Waals surface area contributed by atoms with Crippen LogP contribution < -0.4 is 16.3 Å². The van der Waals surface area contributed by atoms with Crippen molar-refractivity contribution in [2.75, 3.05) is 10.7 Å². The number of nitrogens with zero attached hydrogens (tertiary/aromatic N) is 1. The Labute approximate surface area is 171 Å². The highest BCUT2D eigenvalue weighted by atomic mass is 16.3. The topological polar surface area (TPSA) is 107 Å². The van der Waals surface area contributed by atoms with Crippen LogP contribution in [0.1, 0.15) is 15.9 Å². The zero-order valence-corrected chi connectivity index (χ0v) is 16.1. The van der Waals surface area contributed by atoms with Gasteiger partial charge in [-0.2, -0.15) is 0 Å². The Kier molecular flexibility index (Phi) is 5.09. The first-order chi connectivity index (χ1) is 14.5. The summed E-state index contributed by atoms with van der Waals surface area (Å²) in [6.45, 7) is 1.77. The van der Waals surface area contributed by atoms with Gasteiger partial charge in [-0.1, -0.05) is 24.3 Å². The van der Waals surface area contributed by atoms with Gasteiger partial charge in [0.25, 0.3) is 5.91 Å². The Morgan fingerprint density at radius 2 is 1.73 bits per heavy atom. The minimum Gasteiger partial charge on any atom is -0.508 e. The summed E-state index contributed by atoms with van der Waals surface area (Å²) in [6.07, 6.45) is 0. The predicted molar refractivity (Wildman–Crippen MR) is 114 cm³/mol. The molecule has 7 nitrogen and oxygen atoms in total. The number of carbonyl (C=O) groups excluding carboxylic acids is 1. The van der Waals surface area contributed by atoms with Crippen LogP contribution in [-0.2, 0) is 0 Å². The van der Waals surface area contributed by atoms with Gasteiger partial charge >= 0.3 is 0 Å². The molecule has 1 aromatic heterocycles. The van der Waals surface area contributed by atoms with Crippen LogP contribution in [-0.4, -0.2) is 16.1 Å². The molecule has 0 aliphatic carbocycles. The molecule has 0 atom stereocenters. The van der Waals surface area contributed by atoms with Crippen molar-refractivity contribution in [3.8, 4) is 11.5 Å². The smallest absolute Gasteiger partial charge is 0.261 e. The van der Waals surface area contributed by atoms with E-state index in [4.69, 9.17) is 4.42 Å². The summed E-state index contributed by atoms with van der Waals surface area (Å²) < 4.78 is 5.80. The zero-order valence-electron chi connectivity index (χ0n) is 16.1. The number of anilines is 2. The van der Waals surface area contributed by atoms with E-state index >= 15 is 0 Å². The summed E-state index contributed by atoms with van der Waals surface area (Å²) in [7, 11) is 0. The lowest BCUT2D eigenvalue weighted by atomic mass is 10.1. The number of fused-ring (bicyclic) bond motifs is 1. The predicted octanol–water partition coefficient (Wildman–Crippen LogP) is 4.33. The molecule has 0 fully saturated rings. The number of rotatable bonds is 4. The molecule has 1 heterocycles. The maximum absolute atomic E-state index is 13.0. The Morgan fingerprint density at radius 3 is 2.50 bits per heavy atom. The van der Waals surface area contributed by atoms with Crippen LogP contribution in [0.4, 0.5) is 11.4 Å². The largest absolute Gasteiger partial charge is 0.508 e. The standard InChI is InChI=1S/C23H19N3O4/c1-14-7-9-17(12-20(14)28)24-22(29)19-11-15-8-10-18(27)13-21(15)30-23(19)26-25-16-5-3-2-4-6-16/h2-13,25,27-28H,1H3,(H,24,29)/b26-23+. The quantitative estimate of drug-likeness (QED) is 0.381. The van der Waals surface area contributed by atoms with Crippen LogP contribution in [0.2, 0.25) is 0 Å². The van der Waals surface area contributed by atoms with E-state index in [1.54, 1.807) is 31.2 Å². The second-order valence-electron chi connectivity index (χ2n) is 6.73. The van der Waals surface area contributed by atoms with Crippen molar-refractivity contribution >= 4 is 28.3 Å². The molecule has 30 heavy (non-hydrogen) atoms. The minimum absolute atomic E-state index is 0.0422. The van der Waals surface area contributed by atoms with Crippen molar-refractivity contribution in [3.63, 3.8) is 0 Å². The fourth-order valence-corrected chi connectivity index (χ4v) is 2.87. The number of para-hydroxylation sites is 1. The molecule has 0 radical (unpaired) electrons. The first-order valence-electron chi connectivity index (χ1n) is 9.22. The third-order valence-corrected chi connectivity index (χ3v) is 4.51. The molecule has 3 aromatic carbocycles. The summed E-state index contributed by atoms with van der Waals surface area (Å²) in [5.74, 6) is -0.326. The highest BCUT2D eigenvalue weighted by molar-refractivity contribution is 6.05. The average molecular weight is 401 g/mol. The monoisotopic (exact) mass is 401 g/mol. The van der Waals surface area contributed by atoms with Crippen LogP contribution in [0.5, 0.6) is 11.5 Å². The van der Waals surface area contributed by atoms with Crippen molar-refractivity contribution in [2.45, 2.75) is 6.92 Å². The fourth-order valence-electron chi connectivity index (χ4n) is 2.87. The summed E-state index contributed by atoms with van der Waals surface area (Å²) in [5.41, 5.74) is 5.35. The second kappa shape index (κ2) is 8.00. The van der Waals surface area contributed by atoms with Crippen LogP contribution >= 0.6 is 0 Å². The lowest BCUT2D eigenvalue weighted by molar-refractivity contribution is 0.102. The van der Waals surface area contributed by atoms with Gasteiger partial charge in [-0.15, -0.1) is 5.10 Å². The molecule has 1 amide bonds. The molecular formula is C23H19N3O4. The van der Waals surface area contributed by atoms with Gasteiger partial charge < -0.3 is 19.9 Å². The summed E-state index contributed by atoms with van der Waals surface area (Å²) in [5, 5.41) is 27.3. The Balaban J connectivity index is 1.76. The van der Waals surface area contributed by atoms with E-state index < -0.39 is 5.91 Å².